The van der Waals surface area contributed by atoms with Gasteiger partial charge >= 0.3 is 0 Å². The Labute approximate surface area is 92.9 Å². The quantitative estimate of drug-likeness (QED) is 0.672. The lowest BCUT2D eigenvalue weighted by atomic mass is 10.1. The Morgan fingerprint density at radius 1 is 1.12 bits per heavy atom. The van der Waals surface area contributed by atoms with Crippen LogP contribution in [0.25, 0.3) is 16.8 Å². The lowest BCUT2D eigenvalue weighted by molar-refractivity contribution is 1.36. The van der Waals surface area contributed by atoms with Crippen LogP contribution in [0, 0.1) is 22.7 Å². The molecule has 0 unspecified atom stereocenters. The van der Waals surface area contributed by atoms with Crippen LogP contribution < -0.4 is 0 Å². The molecule has 0 aliphatic rings. The Kier molecular flexibility index (Phi) is 2.63. The summed E-state index contributed by atoms with van der Waals surface area (Å²) >= 11 is 0. The molecule has 0 bridgehead atoms. The third-order valence-corrected chi connectivity index (χ3v) is 2.22. The number of fused-ring (bicyclic) bond motifs is 1. The number of aromatic nitrogens is 1. The molecule has 1 aromatic heterocycles. The fourth-order valence-electron chi connectivity index (χ4n) is 1.45. The minimum Gasteiger partial charge on any atom is -0.264 e. The van der Waals surface area contributed by atoms with Crippen LogP contribution >= 0.6 is 0 Å². The third kappa shape index (κ3) is 1.89. The molecule has 0 N–H and O–H groups in total. The van der Waals surface area contributed by atoms with Gasteiger partial charge in [-0.2, -0.15) is 10.5 Å². The molecule has 0 saturated heterocycles. The summed E-state index contributed by atoms with van der Waals surface area (Å²) in [5.74, 6) is 0. The first-order chi connectivity index (χ1) is 7.83. The largest absolute Gasteiger partial charge is 0.264 e. The van der Waals surface area contributed by atoms with Gasteiger partial charge in [0, 0.05) is 17.8 Å². The molecule has 0 radical (unpaired) electrons. The molecule has 16 heavy (non-hydrogen) atoms. The third-order valence-electron chi connectivity index (χ3n) is 2.22. The van der Waals surface area contributed by atoms with Crippen LogP contribution in [0.1, 0.15) is 5.56 Å². The second-order valence-corrected chi connectivity index (χ2v) is 3.26. The smallest absolute Gasteiger partial charge is 0.130 e. The van der Waals surface area contributed by atoms with Crippen LogP contribution in [0.2, 0.25) is 0 Å². The monoisotopic (exact) mass is 205 g/mol. The normalized spacial score (nSPS) is 9.12. The number of nitriles is 2. The highest BCUT2D eigenvalue weighted by atomic mass is 14.6. The summed E-state index contributed by atoms with van der Waals surface area (Å²) < 4.78 is 0. The second-order valence-electron chi connectivity index (χ2n) is 3.26. The summed E-state index contributed by atoms with van der Waals surface area (Å²) in [6.45, 7) is 0. The van der Waals surface area contributed by atoms with E-state index in [0.29, 0.717) is 0 Å². The number of hydrogen-bond acceptors (Lipinski definition) is 3. The molecule has 0 amide bonds. The standard InChI is InChI=1S/C13H7N3/c14-7-11(8-15)5-10-1-2-12-3-4-16-9-13(12)6-10/h1-6,9H. The van der Waals surface area contributed by atoms with E-state index in [0.717, 1.165) is 16.3 Å². The fourth-order valence-corrected chi connectivity index (χ4v) is 1.45. The number of benzene rings is 1. The van der Waals surface area contributed by atoms with Crippen LogP contribution in [0.5, 0.6) is 0 Å². The van der Waals surface area contributed by atoms with Crippen LogP contribution in [0.4, 0.5) is 0 Å². The van der Waals surface area contributed by atoms with Crippen molar-refractivity contribution >= 4 is 16.8 Å². The van der Waals surface area contributed by atoms with E-state index in [1.54, 1.807) is 18.5 Å². The Bertz CT molecular complexity index is 626. The van der Waals surface area contributed by atoms with Crippen LogP contribution in [-0.2, 0) is 0 Å². The maximum Gasteiger partial charge on any atom is 0.130 e. The Hall–Kier alpha value is -2.65. The molecule has 0 saturated carbocycles. The lowest BCUT2D eigenvalue weighted by Gasteiger charge is -1.98. The second kappa shape index (κ2) is 4.25. The fraction of sp³-hybridized carbons (Fsp3) is 0. The number of pyridine rings is 1. The van der Waals surface area contributed by atoms with Crippen molar-refractivity contribution < 1.29 is 0 Å². The van der Waals surface area contributed by atoms with E-state index >= 15 is 0 Å². The SMILES string of the molecule is N#CC(C#N)=Cc1ccc2ccncc2c1. The molecule has 3 heteroatoms. The molecule has 74 valence electrons. The van der Waals surface area contributed by atoms with Gasteiger partial charge < -0.3 is 0 Å². The number of rotatable bonds is 1. The number of nitrogens with zero attached hydrogens (tertiary/aromatic N) is 3. The molecule has 0 fully saturated rings. The first-order valence-electron chi connectivity index (χ1n) is 4.69. The zero-order valence-electron chi connectivity index (χ0n) is 8.38. The van der Waals surface area contributed by atoms with Gasteiger partial charge in [-0.25, -0.2) is 0 Å². The highest BCUT2D eigenvalue weighted by molar-refractivity contribution is 5.84. The summed E-state index contributed by atoms with van der Waals surface area (Å²) in [6, 6.07) is 11.3. The van der Waals surface area contributed by atoms with Crippen molar-refractivity contribution in [3.8, 4) is 12.1 Å². The van der Waals surface area contributed by atoms with Crippen molar-refractivity contribution in [3.05, 3.63) is 47.8 Å². The van der Waals surface area contributed by atoms with E-state index in [1.807, 2.05) is 36.4 Å². The Morgan fingerprint density at radius 2 is 1.94 bits per heavy atom. The van der Waals surface area contributed by atoms with Gasteiger partial charge in [-0.3, -0.25) is 4.98 Å². The van der Waals surface area contributed by atoms with Crippen molar-refractivity contribution in [1.82, 2.24) is 4.98 Å². The number of hydrogen-bond donors (Lipinski definition) is 0. The molecule has 0 aliphatic carbocycles. The van der Waals surface area contributed by atoms with Crippen LogP contribution in [0.3, 0.4) is 0 Å². The zero-order valence-corrected chi connectivity index (χ0v) is 8.38. The van der Waals surface area contributed by atoms with Gasteiger partial charge in [0.05, 0.1) is 0 Å². The summed E-state index contributed by atoms with van der Waals surface area (Å²) in [7, 11) is 0. The van der Waals surface area contributed by atoms with Gasteiger partial charge in [-0.05, 0) is 29.2 Å². The molecule has 2 aromatic rings. The average molecular weight is 205 g/mol. The molecule has 3 nitrogen and oxygen atoms in total. The minimum absolute atomic E-state index is 0.100. The van der Waals surface area contributed by atoms with Gasteiger partial charge in [-0.1, -0.05) is 12.1 Å². The zero-order chi connectivity index (χ0) is 11.4. The summed E-state index contributed by atoms with van der Waals surface area (Å²) in [5, 5.41) is 19.4. The van der Waals surface area contributed by atoms with Gasteiger partial charge in [0.2, 0.25) is 0 Å². The highest BCUT2D eigenvalue weighted by Gasteiger charge is 1.96. The summed E-state index contributed by atoms with van der Waals surface area (Å²) in [5.41, 5.74) is 0.932. The minimum atomic E-state index is 0.100. The molecule has 0 spiro atoms. The maximum absolute atomic E-state index is 8.65. The van der Waals surface area contributed by atoms with Gasteiger partial charge in [-0.15, -0.1) is 0 Å². The lowest BCUT2D eigenvalue weighted by Crippen LogP contribution is -1.79. The van der Waals surface area contributed by atoms with E-state index in [-0.39, 0.29) is 5.57 Å². The molecule has 2 rings (SSSR count). The molecule has 1 aromatic carbocycles. The summed E-state index contributed by atoms with van der Waals surface area (Å²) in [4.78, 5) is 4.02. The van der Waals surface area contributed by atoms with E-state index in [4.69, 9.17) is 10.5 Å². The van der Waals surface area contributed by atoms with E-state index in [1.165, 1.54) is 0 Å². The van der Waals surface area contributed by atoms with E-state index in [2.05, 4.69) is 4.98 Å². The molecule has 0 aliphatic heterocycles. The van der Waals surface area contributed by atoms with Gasteiger partial charge in [0.15, 0.2) is 0 Å². The molecular formula is C13H7N3. The maximum atomic E-state index is 8.65. The Balaban J connectivity index is 2.53. The topological polar surface area (TPSA) is 60.5 Å². The Morgan fingerprint density at radius 3 is 2.69 bits per heavy atom. The van der Waals surface area contributed by atoms with Gasteiger partial charge in [0.25, 0.3) is 0 Å². The van der Waals surface area contributed by atoms with Crippen molar-refractivity contribution in [2.24, 2.45) is 0 Å². The van der Waals surface area contributed by atoms with Crippen molar-refractivity contribution in [2.75, 3.05) is 0 Å². The predicted octanol–water partition coefficient (Wildman–Crippen LogP) is 2.67. The predicted molar refractivity (Wildman–Crippen MR) is 60.9 cm³/mol. The average Bonchev–Trinajstić information content (AvgIpc) is 2.35. The van der Waals surface area contributed by atoms with Crippen molar-refractivity contribution in [3.63, 3.8) is 0 Å². The first kappa shape index (κ1) is 9.89. The highest BCUT2D eigenvalue weighted by Crippen LogP contribution is 2.16. The number of allylic oxidation sites excluding steroid dienone is 1. The van der Waals surface area contributed by atoms with E-state index < -0.39 is 0 Å². The summed E-state index contributed by atoms with van der Waals surface area (Å²) in [6.07, 6.45) is 5.05. The van der Waals surface area contributed by atoms with Gasteiger partial charge in [0.1, 0.15) is 17.7 Å². The van der Waals surface area contributed by atoms with Crippen molar-refractivity contribution in [1.29, 1.82) is 10.5 Å². The molecular weight excluding hydrogens is 198 g/mol. The molecule has 1 heterocycles. The van der Waals surface area contributed by atoms with Crippen LogP contribution in [0.15, 0.2) is 42.2 Å². The van der Waals surface area contributed by atoms with Crippen molar-refractivity contribution in [2.45, 2.75) is 0 Å². The van der Waals surface area contributed by atoms with E-state index in [9.17, 15) is 0 Å². The molecule has 0 atom stereocenters. The first-order valence-corrected chi connectivity index (χ1v) is 4.69. The van der Waals surface area contributed by atoms with Crippen LogP contribution in [-0.4, -0.2) is 4.98 Å².